The van der Waals surface area contributed by atoms with Crippen LogP contribution in [-0.4, -0.2) is 27.9 Å². The molecule has 0 aliphatic heterocycles. The molecule has 1 atom stereocenters. The minimum absolute atomic E-state index is 0.112. The maximum Gasteiger partial charge on any atom is 0.326 e. The number of hydrogen-bond acceptors (Lipinski definition) is 4. The molecule has 1 unspecified atom stereocenters. The molecule has 0 saturated carbocycles. The van der Waals surface area contributed by atoms with Gasteiger partial charge < -0.3 is 10.4 Å². The Morgan fingerprint density at radius 2 is 2.11 bits per heavy atom. The van der Waals surface area contributed by atoms with Crippen molar-refractivity contribution in [3.8, 4) is 0 Å². The van der Waals surface area contributed by atoms with E-state index < -0.39 is 22.8 Å². The summed E-state index contributed by atoms with van der Waals surface area (Å²) >= 11 is 0. The quantitative estimate of drug-likeness (QED) is 0.619. The lowest BCUT2D eigenvalue weighted by atomic mass is 10.1. The fraction of sp³-hybridized carbons (Fsp3) is 0.333. The lowest BCUT2D eigenvalue weighted by Gasteiger charge is -2.13. The van der Waals surface area contributed by atoms with E-state index in [2.05, 4.69) is 5.32 Å². The van der Waals surface area contributed by atoms with Crippen LogP contribution in [0.5, 0.6) is 0 Å². The number of non-ortho nitro benzene ring substituents is 1. The van der Waals surface area contributed by atoms with Gasteiger partial charge in [-0.15, -0.1) is 0 Å². The number of nitro groups is 1. The van der Waals surface area contributed by atoms with Crippen LogP contribution in [0.4, 0.5) is 5.69 Å². The van der Waals surface area contributed by atoms with Gasteiger partial charge in [0.1, 0.15) is 6.04 Å². The third-order valence-electron chi connectivity index (χ3n) is 2.68. The number of nitro benzene ring substituents is 1. The van der Waals surface area contributed by atoms with Crippen molar-refractivity contribution in [3.63, 3.8) is 0 Å². The third kappa shape index (κ3) is 3.51. The van der Waals surface area contributed by atoms with Gasteiger partial charge in [-0.25, -0.2) is 4.79 Å². The van der Waals surface area contributed by atoms with E-state index in [-0.39, 0.29) is 17.7 Å². The molecule has 19 heavy (non-hydrogen) atoms. The van der Waals surface area contributed by atoms with Gasteiger partial charge in [0.05, 0.1) is 4.92 Å². The van der Waals surface area contributed by atoms with E-state index >= 15 is 0 Å². The van der Waals surface area contributed by atoms with Gasteiger partial charge in [0.25, 0.3) is 11.6 Å². The van der Waals surface area contributed by atoms with E-state index in [0.717, 1.165) is 0 Å². The molecular formula is C12H14N2O5. The van der Waals surface area contributed by atoms with Gasteiger partial charge >= 0.3 is 5.97 Å². The number of aliphatic carboxylic acids is 1. The molecule has 0 fully saturated rings. The van der Waals surface area contributed by atoms with Gasteiger partial charge in [-0.3, -0.25) is 14.9 Å². The zero-order valence-corrected chi connectivity index (χ0v) is 10.5. The number of carbonyl (C=O) groups excluding carboxylic acids is 1. The molecule has 1 rings (SSSR count). The van der Waals surface area contributed by atoms with Crippen LogP contribution in [0.3, 0.4) is 0 Å². The van der Waals surface area contributed by atoms with Gasteiger partial charge in [-0.1, -0.05) is 6.92 Å². The number of amides is 1. The maximum atomic E-state index is 11.9. The second-order valence-electron chi connectivity index (χ2n) is 4.03. The average Bonchev–Trinajstić information content (AvgIpc) is 2.34. The van der Waals surface area contributed by atoms with Gasteiger partial charge in [0, 0.05) is 17.7 Å². The van der Waals surface area contributed by atoms with E-state index in [1.54, 1.807) is 13.8 Å². The first-order chi connectivity index (χ1) is 8.86. The Morgan fingerprint density at radius 3 is 2.53 bits per heavy atom. The molecule has 0 heterocycles. The zero-order chi connectivity index (χ0) is 14.6. The number of carbonyl (C=O) groups is 2. The van der Waals surface area contributed by atoms with Crippen LogP contribution < -0.4 is 5.32 Å². The lowest BCUT2D eigenvalue weighted by molar-refractivity contribution is -0.384. The normalized spacial score (nSPS) is 11.7. The molecule has 0 bridgehead atoms. The summed E-state index contributed by atoms with van der Waals surface area (Å²) in [6.45, 7) is 3.20. The molecule has 0 aliphatic carbocycles. The molecular weight excluding hydrogens is 252 g/mol. The first kappa shape index (κ1) is 14.6. The van der Waals surface area contributed by atoms with Crippen molar-refractivity contribution in [2.24, 2.45) is 0 Å². The second-order valence-corrected chi connectivity index (χ2v) is 4.03. The van der Waals surface area contributed by atoms with Gasteiger partial charge in [0.2, 0.25) is 0 Å². The van der Waals surface area contributed by atoms with Crippen molar-refractivity contribution in [1.82, 2.24) is 5.32 Å². The Morgan fingerprint density at radius 1 is 1.47 bits per heavy atom. The van der Waals surface area contributed by atoms with Crippen molar-refractivity contribution < 1.29 is 19.6 Å². The highest BCUT2D eigenvalue weighted by Gasteiger charge is 2.20. The number of carboxylic acids is 1. The van der Waals surface area contributed by atoms with Crippen molar-refractivity contribution in [2.45, 2.75) is 26.3 Å². The Kier molecular flexibility index (Phi) is 4.57. The van der Waals surface area contributed by atoms with Gasteiger partial charge in [-0.2, -0.15) is 0 Å². The molecule has 0 aliphatic rings. The minimum Gasteiger partial charge on any atom is -0.480 e. The highest BCUT2D eigenvalue weighted by molar-refractivity contribution is 5.98. The summed E-state index contributed by atoms with van der Waals surface area (Å²) in [5.74, 6) is -1.67. The van der Waals surface area contributed by atoms with Crippen molar-refractivity contribution in [1.29, 1.82) is 0 Å². The summed E-state index contributed by atoms with van der Waals surface area (Å²) in [6, 6.07) is 2.83. The van der Waals surface area contributed by atoms with Gasteiger partial charge in [0.15, 0.2) is 0 Å². The molecule has 1 aromatic rings. The van der Waals surface area contributed by atoms with Crippen LogP contribution in [0.25, 0.3) is 0 Å². The molecule has 0 spiro atoms. The number of nitrogens with one attached hydrogen (secondary N) is 1. The fourth-order valence-electron chi connectivity index (χ4n) is 1.59. The summed E-state index contributed by atoms with van der Waals surface area (Å²) in [7, 11) is 0. The Balaban J connectivity index is 2.94. The van der Waals surface area contributed by atoms with Crippen LogP contribution >= 0.6 is 0 Å². The van der Waals surface area contributed by atoms with Gasteiger partial charge in [-0.05, 0) is 25.0 Å². The lowest BCUT2D eigenvalue weighted by Crippen LogP contribution is -2.40. The Labute approximate surface area is 109 Å². The van der Waals surface area contributed by atoms with Crippen molar-refractivity contribution in [3.05, 3.63) is 39.4 Å². The van der Waals surface area contributed by atoms with Crippen LogP contribution in [0, 0.1) is 17.0 Å². The largest absolute Gasteiger partial charge is 0.480 e. The molecule has 0 saturated heterocycles. The topological polar surface area (TPSA) is 110 Å². The number of rotatable bonds is 5. The monoisotopic (exact) mass is 266 g/mol. The van der Waals surface area contributed by atoms with E-state index in [9.17, 15) is 19.7 Å². The molecule has 1 amide bonds. The number of benzene rings is 1. The zero-order valence-electron chi connectivity index (χ0n) is 10.5. The predicted molar refractivity (Wildman–Crippen MR) is 67.0 cm³/mol. The highest BCUT2D eigenvalue weighted by Crippen LogP contribution is 2.17. The molecule has 7 nitrogen and oxygen atoms in total. The maximum absolute atomic E-state index is 11.9. The smallest absolute Gasteiger partial charge is 0.326 e. The molecule has 0 aromatic heterocycles. The molecule has 0 radical (unpaired) electrons. The number of nitrogens with zero attached hydrogens (tertiary/aromatic N) is 1. The first-order valence-corrected chi connectivity index (χ1v) is 5.65. The van der Waals surface area contributed by atoms with E-state index in [1.807, 2.05) is 0 Å². The van der Waals surface area contributed by atoms with Crippen LogP contribution in [0.2, 0.25) is 0 Å². The fourth-order valence-corrected chi connectivity index (χ4v) is 1.59. The molecule has 7 heteroatoms. The molecule has 2 N–H and O–H groups in total. The number of hydrogen-bond donors (Lipinski definition) is 2. The number of aryl methyl sites for hydroxylation is 1. The van der Waals surface area contributed by atoms with E-state index in [1.165, 1.54) is 18.2 Å². The van der Waals surface area contributed by atoms with Crippen LogP contribution in [0.1, 0.15) is 29.3 Å². The SMILES string of the molecule is CCC(NC(=O)c1ccc([N+](=O)[O-])cc1C)C(=O)O. The Bertz CT molecular complexity index is 527. The Hall–Kier alpha value is -2.44. The minimum atomic E-state index is -1.12. The summed E-state index contributed by atoms with van der Waals surface area (Å²) in [4.78, 5) is 32.7. The molecule has 1 aromatic carbocycles. The van der Waals surface area contributed by atoms with Crippen LogP contribution in [-0.2, 0) is 4.79 Å². The number of carboxylic acid groups (broad SMARTS) is 1. The summed E-state index contributed by atoms with van der Waals surface area (Å²) in [5, 5.41) is 21.8. The first-order valence-electron chi connectivity index (χ1n) is 5.65. The van der Waals surface area contributed by atoms with Crippen LogP contribution in [0.15, 0.2) is 18.2 Å². The summed E-state index contributed by atoms with van der Waals surface area (Å²) in [6.07, 6.45) is 0.257. The van der Waals surface area contributed by atoms with E-state index in [0.29, 0.717) is 5.56 Å². The highest BCUT2D eigenvalue weighted by atomic mass is 16.6. The predicted octanol–water partition coefficient (Wildman–Crippen LogP) is 1.50. The van der Waals surface area contributed by atoms with Crippen molar-refractivity contribution >= 4 is 17.6 Å². The third-order valence-corrected chi connectivity index (χ3v) is 2.68. The van der Waals surface area contributed by atoms with E-state index in [4.69, 9.17) is 5.11 Å². The standard InChI is InChI=1S/C12H14N2O5/c1-3-10(12(16)17)13-11(15)9-5-4-8(14(18)19)6-7(9)2/h4-6,10H,3H2,1-2H3,(H,13,15)(H,16,17). The second kappa shape index (κ2) is 5.94. The van der Waals surface area contributed by atoms with Crippen molar-refractivity contribution in [2.75, 3.05) is 0 Å². The summed E-state index contributed by atoms with van der Waals surface area (Å²) < 4.78 is 0. The average molecular weight is 266 g/mol. The molecule has 102 valence electrons. The summed E-state index contributed by atoms with van der Waals surface area (Å²) in [5.41, 5.74) is 0.538.